The lowest BCUT2D eigenvalue weighted by Crippen LogP contribution is -2.74. The van der Waals surface area contributed by atoms with Crippen molar-refractivity contribution in [2.45, 2.75) is 141 Å². The molecule has 56 heavy (non-hydrogen) atoms. The fourth-order valence-electron chi connectivity index (χ4n) is 17.7. The molecule has 0 saturated heterocycles. The highest BCUT2D eigenvalue weighted by Crippen LogP contribution is 2.82. The van der Waals surface area contributed by atoms with E-state index in [1.807, 2.05) is 25.1 Å². The molecule has 0 heterocycles. The van der Waals surface area contributed by atoms with E-state index in [9.17, 15) is 30.3 Å². The number of aliphatic hydroxyl groups is 5. The first kappa shape index (κ1) is 37.7. The van der Waals surface area contributed by atoms with Crippen LogP contribution >= 0.6 is 0 Å². The minimum absolute atomic E-state index is 0.0239. The Hall–Kier alpha value is -2.60. The summed E-state index contributed by atoms with van der Waals surface area (Å²) in [4.78, 5) is 28.4. The van der Waals surface area contributed by atoms with Gasteiger partial charge in [0.2, 0.25) is 0 Å². The third-order valence-electron chi connectivity index (χ3n) is 19.8. The van der Waals surface area contributed by atoms with Crippen LogP contribution in [-0.2, 0) is 4.79 Å². The first-order chi connectivity index (χ1) is 26.7. The van der Waals surface area contributed by atoms with Gasteiger partial charge in [-0.05, 0) is 144 Å². The molecule has 1 aromatic rings. The second-order valence-electron chi connectivity index (χ2n) is 21.4. The van der Waals surface area contributed by atoms with Gasteiger partial charge in [-0.2, -0.15) is 0 Å². The first-order valence-electron chi connectivity index (χ1n) is 22.1. The quantitative estimate of drug-likeness (QED) is 0.216. The number of fused-ring (bicyclic) bond motifs is 6. The van der Waals surface area contributed by atoms with E-state index in [0.29, 0.717) is 37.7 Å². The molecule has 10 aliphatic rings. The maximum absolute atomic E-state index is 16.0. The van der Waals surface area contributed by atoms with Crippen LogP contribution in [0.3, 0.4) is 0 Å². The summed E-state index contributed by atoms with van der Waals surface area (Å²) in [7, 11) is 0. The number of carbonyl (C=O) groups excluding carboxylic acids is 2. The maximum atomic E-state index is 16.0. The highest BCUT2D eigenvalue weighted by Gasteiger charge is 2.79. The van der Waals surface area contributed by atoms with Gasteiger partial charge in [0, 0.05) is 28.7 Å². The summed E-state index contributed by atoms with van der Waals surface area (Å²) in [5.41, 5.74) is -2.09. The van der Waals surface area contributed by atoms with Gasteiger partial charge in [0.15, 0.2) is 12.1 Å². The molecule has 300 valence electrons. The standard InChI is InChI=1S/C49H62O7/c1-43-15-5-4-11-39(54)49(46(28-43)16-6-7-17-46)35(24-43)34-23-36(52)42-47(44(34,2)25-40(49)55)18-12-30-21-32-29(9-8-10-31(32)26-50)22-33(30)48(42)20-14-38(53)45(3,41(56)27-51)37(48)13-19-47/h8-10,21-23,26,30,33,35,37-42,51,53-56H,5-7,12-20,24-25,27-28H2,1-3H3/t30-,33-,35-,37-,38+,39+,40+,41-,42+,43-,44-,45+,47-,48-,49-/m1/s1. The van der Waals surface area contributed by atoms with E-state index in [-0.39, 0.29) is 40.3 Å². The van der Waals surface area contributed by atoms with Crippen LogP contribution in [0.25, 0.3) is 12.2 Å². The van der Waals surface area contributed by atoms with Gasteiger partial charge in [-0.15, -0.1) is 5.92 Å². The van der Waals surface area contributed by atoms with E-state index in [1.165, 1.54) is 0 Å². The van der Waals surface area contributed by atoms with Crippen molar-refractivity contribution < 1.29 is 35.1 Å². The number of hydrogen-bond acceptors (Lipinski definition) is 7. The molecule has 10 aliphatic carbocycles. The van der Waals surface area contributed by atoms with Crippen LogP contribution in [0.5, 0.6) is 0 Å². The highest BCUT2D eigenvalue weighted by atomic mass is 16.3. The van der Waals surface area contributed by atoms with E-state index in [0.717, 1.165) is 86.5 Å². The minimum atomic E-state index is -1.16. The number of carbonyl (C=O) groups is 2. The largest absolute Gasteiger partial charge is 0.394 e. The van der Waals surface area contributed by atoms with E-state index >= 15 is 4.79 Å². The molecule has 1 aromatic carbocycles. The molecule has 7 nitrogen and oxygen atoms in total. The van der Waals surface area contributed by atoms with Gasteiger partial charge in [0.05, 0.1) is 24.9 Å². The Kier molecular flexibility index (Phi) is 8.22. The zero-order valence-corrected chi connectivity index (χ0v) is 33.6. The van der Waals surface area contributed by atoms with Crippen molar-refractivity contribution in [2.75, 3.05) is 6.61 Å². The second-order valence-corrected chi connectivity index (χ2v) is 21.4. The highest BCUT2D eigenvalue weighted by molar-refractivity contribution is 5.96. The van der Waals surface area contributed by atoms with E-state index in [2.05, 4.69) is 43.9 Å². The summed E-state index contributed by atoms with van der Waals surface area (Å²) in [5, 5.41) is 61.9. The van der Waals surface area contributed by atoms with Gasteiger partial charge in [0.1, 0.15) is 6.10 Å². The molecule has 6 fully saturated rings. The number of hydrogen-bond donors (Lipinski definition) is 5. The molecule has 7 heteroatoms. The third kappa shape index (κ3) is 4.29. The first-order valence-corrected chi connectivity index (χ1v) is 22.1. The maximum Gasteiger partial charge on any atom is 0.159 e. The van der Waals surface area contributed by atoms with Crippen LogP contribution in [-0.4, -0.2) is 68.6 Å². The lowest BCUT2D eigenvalue weighted by atomic mass is 9.29. The third-order valence-corrected chi connectivity index (χ3v) is 19.8. The van der Waals surface area contributed by atoms with Gasteiger partial charge in [-0.3, -0.25) is 9.59 Å². The van der Waals surface area contributed by atoms with Crippen molar-refractivity contribution in [1.82, 2.24) is 0 Å². The van der Waals surface area contributed by atoms with Crippen molar-refractivity contribution in [3.63, 3.8) is 0 Å². The molecule has 6 saturated carbocycles. The van der Waals surface area contributed by atoms with Crippen molar-refractivity contribution in [3.8, 4) is 11.8 Å². The van der Waals surface area contributed by atoms with Crippen LogP contribution in [0.4, 0.5) is 0 Å². The Balaban J connectivity index is 1.23. The Morgan fingerprint density at radius 3 is 2.45 bits per heavy atom. The minimum Gasteiger partial charge on any atom is -0.394 e. The lowest BCUT2D eigenvalue weighted by Gasteiger charge is -2.75. The molecule has 0 radical (unpaired) electrons. The van der Waals surface area contributed by atoms with Crippen molar-refractivity contribution in [3.05, 3.63) is 45.8 Å². The Morgan fingerprint density at radius 1 is 0.929 bits per heavy atom. The predicted octanol–water partition coefficient (Wildman–Crippen LogP) is 5.01. The molecule has 3 spiro atoms. The monoisotopic (exact) mass is 762 g/mol. The summed E-state index contributed by atoms with van der Waals surface area (Å²) in [6.07, 6.45) is 15.9. The van der Waals surface area contributed by atoms with Crippen molar-refractivity contribution in [1.29, 1.82) is 0 Å². The Labute approximate surface area is 331 Å². The van der Waals surface area contributed by atoms with Crippen molar-refractivity contribution in [2.24, 2.45) is 67.5 Å². The number of aldehydes is 1. The van der Waals surface area contributed by atoms with E-state index in [4.69, 9.17) is 0 Å². The normalized spacial score (nSPS) is 49.8. The molecule has 0 amide bonds. The molecule has 5 N–H and O–H groups in total. The van der Waals surface area contributed by atoms with E-state index < -0.39 is 64.0 Å². The fourth-order valence-corrected chi connectivity index (χ4v) is 17.7. The molecule has 0 aliphatic heterocycles. The van der Waals surface area contributed by atoms with Gasteiger partial charge < -0.3 is 25.5 Å². The van der Waals surface area contributed by atoms with Crippen LogP contribution in [0.15, 0.2) is 29.8 Å². The predicted molar refractivity (Wildman–Crippen MR) is 213 cm³/mol. The number of aliphatic hydroxyl groups excluding tert-OH is 5. The molecular formula is C49H62O7. The SMILES string of the molecule is C[C@@]12CCC#C[C@H](O)[C@@]3([C@H](C1)C1=CC(=O)[C@@H]4[C@@]56CC[C@H](O)[C@@](C)([C@H](O)CO)[C@H]5CC[C@@]4(CC[C@@H]4C=c5c(C=O)cccc5=C[C@H]46)[C@]1(C)C[C@@H]3O)C1(CCCC1)C2. The fraction of sp³-hybridized carbons (Fsp3) is 0.714. The summed E-state index contributed by atoms with van der Waals surface area (Å²) in [6, 6.07) is 5.87. The van der Waals surface area contributed by atoms with Crippen LogP contribution in [0.2, 0.25) is 0 Å². The topological polar surface area (TPSA) is 135 Å². The van der Waals surface area contributed by atoms with Gasteiger partial charge in [-0.25, -0.2) is 0 Å². The summed E-state index contributed by atoms with van der Waals surface area (Å²) in [6.45, 7) is 6.26. The molecule has 0 aromatic heterocycles. The van der Waals surface area contributed by atoms with Crippen LogP contribution in [0.1, 0.15) is 127 Å². The van der Waals surface area contributed by atoms with Gasteiger partial charge >= 0.3 is 0 Å². The smallest absolute Gasteiger partial charge is 0.159 e. The zero-order valence-electron chi connectivity index (χ0n) is 33.6. The second kappa shape index (κ2) is 12.2. The summed E-state index contributed by atoms with van der Waals surface area (Å²) < 4.78 is 0. The van der Waals surface area contributed by atoms with Crippen LogP contribution < -0.4 is 10.4 Å². The molecule has 0 unspecified atom stereocenters. The summed E-state index contributed by atoms with van der Waals surface area (Å²) >= 11 is 0. The Bertz CT molecular complexity index is 2080. The number of ketones is 1. The number of benzene rings is 1. The van der Waals surface area contributed by atoms with Gasteiger partial charge in [0.25, 0.3) is 0 Å². The van der Waals surface area contributed by atoms with E-state index in [1.54, 1.807) is 0 Å². The molecular weight excluding hydrogens is 701 g/mol. The molecule has 15 atom stereocenters. The average molecular weight is 763 g/mol. The zero-order chi connectivity index (χ0) is 39.3. The lowest BCUT2D eigenvalue weighted by molar-refractivity contribution is -0.266. The molecule has 4 bridgehead atoms. The number of allylic oxidation sites excluding steroid dienone is 2. The number of rotatable bonds is 3. The van der Waals surface area contributed by atoms with Gasteiger partial charge in [-0.1, -0.05) is 75.5 Å². The van der Waals surface area contributed by atoms with Crippen LogP contribution in [0, 0.1) is 79.3 Å². The summed E-state index contributed by atoms with van der Waals surface area (Å²) in [5.74, 6) is 5.87. The average Bonchev–Trinajstić information content (AvgIpc) is 3.64. The molecule has 11 rings (SSSR count). The van der Waals surface area contributed by atoms with Crippen molar-refractivity contribution >= 4 is 24.2 Å². The Morgan fingerprint density at radius 2 is 1.70 bits per heavy atom.